The summed E-state index contributed by atoms with van der Waals surface area (Å²) in [4.78, 5) is 73.3. The third-order valence-electron chi connectivity index (χ3n) is 10.1. The first-order chi connectivity index (χ1) is 25.6. The molecule has 10 N–H and O–H groups in total. The fourth-order valence-corrected chi connectivity index (χ4v) is 6.54. The second-order valence-electron chi connectivity index (χ2n) is 15.2. The molecule has 1 saturated heterocycles. The van der Waals surface area contributed by atoms with E-state index in [1.54, 1.807) is 14.0 Å². The van der Waals surface area contributed by atoms with E-state index in [9.17, 15) is 34.2 Å². The standard InChI is InChI=1S/C38H72N8O8/c1-8-10-11-12-13-14-15-16-19-30-26(6)37(53)46(7)29(21-24(3)4)35(51)45-32(25(5)9-2)36(52)44-28(23-47)34(50)43-27(18-17-20-41-38(39)40)33(49)42-22-31(48)54-30/h24-30,32,35,45,47,51H,8-23H2,1-7H3,(H,42,49)(H,43,50)(H,44,52)(H4,39,40,41)/t25-,26-,27+,28+,29+,30+,32+,35?/m1/s1. The number of nitrogens with zero attached hydrogens (tertiary/aromatic N) is 2. The first-order valence-electron chi connectivity index (χ1n) is 20.0. The first-order valence-corrected chi connectivity index (χ1v) is 20.0. The van der Waals surface area contributed by atoms with Crippen molar-refractivity contribution in [3.63, 3.8) is 0 Å². The molecule has 0 aromatic heterocycles. The summed E-state index contributed by atoms with van der Waals surface area (Å²) in [5, 5.41) is 32.5. The van der Waals surface area contributed by atoms with Crippen LogP contribution in [0.25, 0.3) is 0 Å². The molecule has 0 aromatic rings. The number of nitrogens with one attached hydrogen (secondary N) is 4. The topological polar surface area (TPSA) is 251 Å². The Balaban J connectivity index is 3.54. The average molecular weight is 769 g/mol. The number of likely N-dealkylation sites (N-methyl/N-ethyl adjacent to an activating group) is 1. The highest BCUT2D eigenvalue weighted by molar-refractivity contribution is 5.94. The minimum absolute atomic E-state index is 0.0546. The molecule has 16 nitrogen and oxygen atoms in total. The van der Waals surface area contributed by atoms with Crippen LogP contribution < -0.4 is 32.7 Å². The number of amides is 4. The third-order valence-corrected chi connectivity index (χ3v) is 10.1. The molecule has 8 atom stereocenters. The van der Waals surface area contributed by atoms with Crippen LogP contribution in [0.4, 0.5) is 0 Å². The predicted octanol–water partition coefficient (Wildman–Crippen LogP) is 1.41. The number of aliphatic hydroxyl groups excluding tert-OH is 2. The van der Waals surface area contributed by atoms with E-state index in [2.05, 4.69) is 33.2 Å². The number of cyclic esters (lactones) is 1. The van der Waals surface area contributed by atoms with Crippen molar-refractivity contribution in [1.29, 1.82) is 0 Å². The van der Waals surface area contributed by atoms with E-state index in [1.165, 1.54) is 24.2 Å². The Kier molecular flexibility index (Phi) is 23.7. The highest BCUT2D eigenvalue weighted by Crippen LogP contribution is 2.23. The van der Waals surface area contributed by atoms with Crippen LogP contribution >= 0.6 is 0 Å². The fourth-order valence-electron chi connectivity index (χ4n) is 6.54. The van der Waals surface area contributed by atoms with Crippen molar-refractivity contribution >= 4 is 35.6 Å². The van der Waals surface area contributed by atoms with Gasteiger partial charge in [0.15, 0.2) is 5.96 Å². The summed E-state index contributed by atoms with van der Waals surface area (Å²) in [6.07, 6.45) is 8.02. The molecule has 16 heteroatoms. The maximum Gasteiger partial charge on any atom is 0.325 e. The third kappa shape index (κ3) is 17.8. The van der Waals surface area contributed by atoms with Gasteiger partial charge in [-0.3, -0.25) is 34.3 Å². The van der Waals surface area contributed by atoms with Gasteiger partial charge in [0.25, 0.3) is 0 Å². The first kappa shape index (κ1) is 48.5. The second kappa shape index (κ2) is 26.3. The molecule has 4 amide bonds. The minimum atomic E-state index is -1.45. The zero-order valence-electron chi connectivity index (χ0n) is 33.9. The number of rotatable bonds is 18. The number of ether oxygens (including phenoxy) is 1. The van der Waals surface area contributed by atoms with Crippen LogP contribution in [0.1, 0.15) is 125 Å². The van der Waals surface area contributed by atoms with Crippen LogP contribution in [0.5, 0.6) is 0 Å². The molecular weight excluding hydrogens is 696 g/mol. The highest BCUT2D eigenvalue weighted by Gasteiger charge is 2.38. The number of esters is 1. The lowest BCUT2D eigenvalue weighted by molar-refractivity contribution is -0.157. The summed E-state index contributed by atoms with van der Waals surface area (Å²) in [5.41, 5.74) is 10.8. The Bertz CT molecular complexity index is 1180. The van der Waals surface area contributed by atoms with Crippen LogP contribution in [0, 0.1) is 17.8 Å². The van der Waals surface area contributed by atoms with Crippen LogP contribution in [0.3, 0.4) is 0 Å². The Morgan fingerprint density at radius 3 is 2.07 bits per heavy atom. The molecule has 312 valence electrons. The quantitative estimate of drug-likeness (QED) is 0.0428. The zero-order chi connectivity index (χ0) is 40.8. The number of guanidine groups is 1. The molecule has 0 aliphatic carbocycles. The van der Waals surface area contributed by atoms with E-state index in [-0.39, 0.29) is 43.1 Å². The van der Waals surface area contributed by atoms with Crippen molar-refractivity contribution < 1.29 is 38.9 Å². The SMILES string of the molecule is CCCCCCCCCC[C@@H]1OC(=O)CNC(=O)[C@H](CCCN=C(N)N)NC(=O)[C@H](CO)NC(=O)[C@H]([C@H](C)CC)NC(O)[C@H](CC(C)C)N(C)C(=O)[C@@H]1C. The molecule has 0 radical (unpaired) electrons. The molecule has 1 heterocycles. The predicted molar refractivity (Wildman–Crippen MR) is 209 cm³/mol. The van der Waals surface area contributed by atoms with E-state index >= 15 is 0 Å². The largest absolute Gasteiger partial charge is 0.460 e. The lowest BCUT2D eigenvalue weighted by Gasteiger charge is -2.38. The van der Waals surface area contributed by atoms with Gasteiger partial charge in [-0.25, -0.2) is 0 Å². The van der Waals surface area contributed by atoms with Gasteiger partial charge in [-0.1, -0.05) is 92.9 Å². The van der Waals surface area contributed by atoms with Gasteiger partial charge < -0.3 is 47.3 Å². The Morgan fingerprint density at radius 1 is 0.889 bits per heavy atom. The van der Waals surface area contributed by atoms with Crippen molar-refractivity contribution in [2.24, 2.45) is 34.2 Å². The molecular formula is C38H72N8O8. The number of nitrogens with two attached hydrogens (primary N) is 2. The highest BCUT2D eigenvalue weighted by atomic mass is 16.5. The molecule has 1 aliphatic heterocycles. The van der Waals surface area contributed by atoms with Crippen LogP contribution in [-0.2, 0) is 28.7 Å². The van der Waals surface area contributed by atoms with Crippen molar-refractivity contribution in [3.05, 3.63) is 0 Å². The fraction of sp³-hybridized carbons (Fsp3) is 0.842. The van der Waals surface area contributed by atoms with E-state index in [4.69, 9.17) is 16.2 Å². The van der Waals surface area contributed by atoms with Gasteiger partial charge in [0.05, 0.1) is 24.6 Å². The van der Waals surface area contributed by atoms with Crippen molar-refractivity contribution in [2.75, 3.05) is 26.7 Å². The molecule has 1 unspecified atom stereocenters. The van der Waals surface area contributed by atoms with Gasteiger partial charge in [0.2, 0.25) is 23.6 Å². The summed E-state index contributed by atoms with van der Waals surface area (Å²) in [6, 6.07) is -4.41. The normalized spacial score (nSPS) is 26.1. The lowest BCUT2D eigenvalue weighted by Crippen LogP contribution is -2.62. The minimum Gasteiger partial charge on any atom is -0.460 e. The molecule has 0 spiro atoms. The number of hydrogen-bond donors (Lipinski definition) is 8. The maximum absolute atomic E-state index is 14.1. The summed E-state index contributed by atoms with van der Waals surface area (Å²) in [5.74, 6) is -4.49. The molecule has 1 rings (SSSR count). The lowest BCUT2D eigenvalue weighted by atomic mass is 9.93. The van der Waals surface area contributed by atoms with E-state index in [0.717, 1.165) is 32.1 Å². The van der Waals surface area contributed by atoms with Gasteiger partial charge >= 0.3 is 5.97 Å². The average Bonchev–Trinajstić information content (AvgIpc) is 3.13. The van der Waals surface area contributed by atoms with Gasteiger partial charge in [-0.15, -0.1) is 0 Å². The number of hydrogen-bond acceptors (Lipinski definition) is 10. The van der Waals surface area contributed by atoms with Gasteiger partial charge in [-0.2, -0.15) is 0 Å². The number of carbonyl (C=O) groups is 5. The van der Waals surface area contributed by atoms with E-state index < -0.39 is 79.3 Å². The smallest absolute Gasteiger partial charge is 0.325 e. The van der Waals surface area contributed by atoms with Gasteiger partial charge in [0.1, 0.15) is 31.0 Å². The van der Waals surface area contributed by atoms with E-state index in [0.29, 0.717) is 19.3 Å². The number of unbranched alkanes of at least 4 members (excludes halogenated alkanes) is 7. The summed E-state index contributed by atoms with van der Waals surface area (Å²) in [7, 11) is 1.59. The number of aliphatic imine (C=N–C) groups is 1. The van der Waals surface area contributed by atoms with Crippen molar-refractivity contribution in [2.45, 2.75) is 162 Å². The Hall–Kier alpha value is -3.50. The maximum atomic E-state index is 14.1. The molecule has 1 aliphatic rings. The Morgan fingerprint density at radius 2 is 1.50 bits per heavy atom. The number of carbonyl (C=O) groups excluding carboxylic acids is 5. The number of aliphatic hydroxyl groups is 2. The molecule has 54 heavy (non-hydrogen) atoms. The van der Waals surface area contributed by atoms with Gasteiger partial charge in [0, 0.05) is 13.6 Å². The second-order valence-corrected chi connectivity index (χ2v) is 15.2. The molecule has 0 saturated carbocycles. The van der Waals surface area contributed by atoms with Crippen LogP contribution in [0.2, 0.25) is 0 Å². The Labute approximate surface area is 322 Å². The van der Waals surface area contributed by atoms with Crippen molar-refractivity contribution in [3.8, 4) is 0 Å². The van der Waals surface area contributed by atoms with Crippen molar-refractivity contribution in [1.82, 2.24) is 26.2 Å². The zero-order valence-corrected chi connectivity index (χ0v) is 33.9. The van der Waals surface area contributed by atoms with Crippen LogP contribution in [0.15, 0.2) is 4.99 Å². The summed E-state index contributed by atoms with van der Waals surface area (Å²) < 4.78 is 5.89. The molecule has 1 fully saturated rings. The van der Waals surface area contributed by atoms with Gasteiger partial charge in [-0.05, 0) is 43.9 Å². The molecule has 0 aromatic carbocycles. The molecule has 0 bridgehead atoms. The summed E-state index contributed by atoms with van der Waals surface area (Å²) >= 11 is 0. The van der Waals surface area contributed by atoms with E-state index in [1.807, 2.05) is 27.7 Å². The summed E-state index contributed by atoms with van der Waals surface area (Å²) in [6.45, 7) is 10.3. The monoisotopic (exact) mass is 769 g/mol. The van der Waals surface area contributed by atoms with Crippen LogP contribution in [-0.4, -0.2) is 114 Å².